The number of hydrogen-bond donors (Lipinski definition) is 2. The second-order valence-electron chi connectivity index (χ2n) is 6.14. The van der Waals surface area contributed by atoms with Crippen LogP contribution in [0, 0.1) is 0 Å². The number of carbonyl (C=O) groups is 4. The van der Waals surface area contributed by atoms with Crippen LogP contribution in [-0.2, 0) is 23.9 Å². The summed E-state index contributed by atoms with van der Waals surface area (Å²) in [6.07, 6.45) is 0. The van der Waals surface area contributed by atoms with E-state index in [0.29, 0.717) is 11.1 Å². The van der Waals surface area contributed by atoms with Crippen LogP contribution < -0.4 is 5.32 Å². The van der Waals surface area contributed by atoms with Gasteiger partial charge in [-0.15, -0.1) is 11.8 Å². The fourth-order valence-corrected chi connectivity index (χ4v) is 4.49. The molecule has 9 nitrogen and oxygen atoms in total. The Balaban J connectivity index is 1.87. The Morgan fingerprint density at radius 3 is 2.57 bits per heavy atom. The number of methoxy groups -OCH3 is 1. The normalized spacial score (nSPS) is 23.6. The van der Waals surface area contributed by atoms with Gasteiger partial charge in [0, 0.05) is 30.9 Å². The molecule has 0 aliphatic carbocycles. The molecule has 0 radical (unpaired) electrons. The van der Waals surface area contributed by atoms with E-state index in [4.69, 9.17) is 9.47 Å². The largest absolute Gasteiger partial charge is 0.477 e. The first-order chi connectivity index (χ1) is 13.3. The van der Waals surface area contributed by atoms with Crippen molar-refractivity contribution in [1.29, 1.82) is 0 Å². The van der Waals surface area contributed by atoms with Crippen LogP contribution >= 0.6 is 11.8 Å². The molecule has 2 aliphatic heterocycles. The van der Waals surface area contributed by atoms with Crippen molar-refractivity contribution >= 4 is 35.5 Å². The predicted molar refractivity (Wildman–Crippen MR) is 98.0 cm³/mol. The van der Waals surface area contributed by atoms with E-state index in [9.17, 15) is 24.3 Å². The van der Waals surface area contributed by atoms with Gasteiger partial charge in [-0.3, -0.25) is 19.3 Å². The Labute approximate surface area is 164 Å². The topological polar surface area (TPSA) is 122 Å². The van der Waals surface area contributed by atoms with Crippen molar-refractivity contribution in [1.82, 2.24) is 10.2 Å². The molecule has 28 heavy (non-hydrogen) atoms. The Morgan fingerprint density at radius 1 is 1.32 bits per heavy atom. The van der Waals surface area contributed by atoms with Crippen LogP contribution in [-0.4, -0.2) is 64.3 Å². The number of esters is 1. The molecule has 0 saturated carbocycles. The third-order valence-electron chi connectivity index (χ3n) is 4.42. The first-order valence-electron chi connectivity index (χ1n) is 8.28. The van der Waals surface area contributed by atoms with Crippen molar-refractivity contribution in [2.45, 2.75) is 18.0 Å². The highest BCUT2D eigenvalue weighted by atomic mass is 32.2. The fraction of sp³-hybridized carbons (Fsp3) is 0.333. The van der Waals surface area contributed by atoms with Crippen LogP contribution in [0.4, 0.5) is 0 Å². The van der Waals surface area contributed by atoms with Gasteiger partial charge in [0.05, 0.1) is 0 Å². The number of ether oxygens (including phenoxy) is 2. The zero-order chi connectivity index (χ0) is 20.5. The summed E-state index contributed by atoms with van der Waals surface area (Å²) in [7, 11) is 1.28. The van der Waals surface area contributed by atoms with E-state index in [0.717, 1.165) is 4.90 Å². The second-order valence-corrected chi connectivity index (χ2v) is 7.20. The van der Waals surface area contributed by atoms with Crippen molar-refractivity contribution < 1.29 is 33.8 Å². The number of rotatable bonds is 6. The smallest absolute Gasteiger partial charge is 0.352 e. The predicted octanol–water partition coefficient (Wildman–Crippen LogP) is 0.576. The lowest BCUT2D eigenvalue weighted by atomic mass is 9.97. The van der Waals surface area contributed by atoms with Crippen molar-refractivity contribution in [2.75, 3.05) is 19.5 Å². The standard InChI is InChI=1S/C18H18N2O7S/c1-10(21)27-8-12-9-28-17-18(26-2,16(25)20(17)13(12)15(23)24)19-14(22)11-6-4-3-5-7-11/h3-7,17H,8-9H2,1-2H3,(H,19,22)(H,23,24)/t17-,18-/m1/s1. The number of hydrogen-bond acceptors (Lipinski definition) is 7. The molecule has 1 aromatic carbocycles. The van der Waals surface area contributed by atoms with Crippen molar-refractivity contribution in [3.63, 3.8) is 0 Å². The van der Waals surface area contributed by atoms with Crippen molar-refractivity contribution in [3.8, 4) is 0 Å². The Morgan fingerprint density at radius 2 is 2.00 bits per heavy atom. The zero-order valence-electron chi connectivity index (χ0n) is 15.1. The molecule has 10 heteroatoms. The van der Waals surface area contributed by atoms with Gasteiger partial charge >= 0.3 is 11.9 Å². The van der Waals surface area contributed by atoms with Gasteiger partial charge in [-0.05, 0) is 12.1 Å². The monoisotopic (exact) mass is 406 g/mol. The average Bonchev–Trinajstić information content (AvgIpc) is 2.69. The number of thioether (sulfide) groups is 1. The minimum Gasteiger partial charge on any atom is -0.477 e. The maximum absolute atomic E-state index is 12.9. The number of aliphatic carboxylic acids is 1. The molecule has 1 fully saturated rings. The fourth-order valence-electron chi connectivity index (χ4n) is 3.07. The second kappa shape index (κ2) is 7.64. The number of benzene rings is 1. The lowest BCUT2D eigenvalue weighted by Gasteiger charge is -2.55. The van der Waals surface area contributed by atoms with E-state index in [1.165, 1.54) is 25.8 Å². The third-order valence-corrected chi connectivity index (χ3v) is 5.79. The molecule has 2 aliphatic rings. The molecule has 0 unspecified atom stereocenters. The van der Waals surface area contributed by atoms with Crippen LogP contribution in [0.25, 0.3) is 0 Å². The first kappa shape index (κ1) is 19.9. The van der Waals surface area contributed by atoms with Crippen LogP contribution in [0.2, 0.25) is 0 Å². The first-order valence-corrected chi connectivity index (χ1v) is 9.33. The Hall–Kier alpha value is -2.85. The van der Waals surface area contributed by atoms with Crippen LogP contribution in [0.15, 0.2) is 41.6 Å². The third kappa shape index (κ3) is 3.25. The van der Waals surface area contributed by atoms with E-state index in [1.807, 2.05) is 0 Å². The Bertz CT molecular complexity index is 870. The molecule has 0 aromatic heterocycles. The molecular formula is C18H18N2O7S. The lowest BCUT2D eigenvalue weighted by Crippen LogP contribution is -2.80. The van der Waals surface area contributed by atoms with Gasteiger partial charge in [0.2, 0.25) is 0 Å². The van der Waals surface area contributed by atoms with E-state index >= 15 is 0 Å². The number of carbonyl (C=O) groups excluding carboxylic acids is 3. The number of carboxylic acids is 1. The minimum absolute atomic E-state index is 0.204. The summed E-state index contributed by atoms with van der Waals surface area (Å²) in [4.78, 5) is 49.3. The molecule has 1 saturated heterocycles. The van der Waals surface area contributed by atoms with E-state index < -0.39 is 34.9 Å². The summed E-state index contributed by atoms with van der Waals surface area (Å²) in [6.45, 7) is 0.987. The minimum atomic E-state index is -1.68. The lowest BCUT2D eigenvalue weighted by molar-refractivity contribution is -0.188. The molecule has 2 heterocycles. The van der Waals surface area contributed by atoms with Gasteiger partial charge in [-0.1, -0.05) is 18.2 Å². The zero-order valence-corrected chi connectivity index (χ0v) is 15.9. The van der Waals surface area contributed by atoms with Crippen molar-refractivity contribution in [2.24, 2.45) is 0 Å². The maximum Gasteiger partial charge on any atom is 0.352 e. The number of β-lactam (4-membered cyclic amide) rings is 1. The number of fused-ring (bicyclic) bond motifs is 1. The number of amides is 2. The summed E-state index contributed by atoms with van der Waals surface area (Å²) in [5.41, 5.74) is -1.28. The molecule has 0 spiro atoms. The van der Waals surface area contributed by atoms with E-state index in [-0.39, 0.29) is 18.1 Å². The van der Waals surface area contributed by atoms with Crippen molar-refractivity contribution in [3.05, 3.63) is 47.2 Å². The Kier molecular flexibility index (Phi) is 5.43. The molecule has 1 aromatic rings. The molecular weight excluding hydrogens is 388 g/mol. The summed E-state index contributed by atoms with van der Waals surface area (Å²) in [5, 5.41) is 11.4. The highest BCUT2D eigenvalue weighted by Gasteiger charge is 2.66. The SMILES string of the molecule is CO[C@]1(NC(=O)c2ccccc2)C(=O)N2C(C(=O)O)=C(COC(C)=O)CS[C@@H]21. The van der Waals surface area contributed by atoms with E-state index in [1.54, 1.807) is 30.3 Å². The highest BCUT2D eigenvalue weighted by molar-refractivity contribution is 8.00. The van der Waals surface area contributed by atoms with Crippen LogP contribution in [0.5, 0.6) is 0 Å². The highest BCUT2D eigenvalue weighted by Crippen LogP contribution is 2.46. The molecule has 2 atom stereocenters. The van der Waals surface area contributed by atoms with Gasteiger partial charge < -0.3 is 19.9 Å². The molecule has 2 amide bonds. The molecule has 3 rings (SSSR count). The summed E-state index contributed by atoms with van der Waals surface area (Å²) in [5.74, 6) is -2.88. The number of nitrogens with zero attached hydrogens (tertiary/aromatic N) is 1. The van der Waals surface area contributed by atoms with Crippen LogP contribution in [0.1, 0.15) is 17.3 Å². The average molecular weight is 406 g/mol. The van der Waals surface area contributed by atoms with Gasteiger partial charge in [0.15, 0.2) is 0 Å². The summed E-state index contributed by atoms with van der Waals surface area (Å²) < 4.78 is 10.3. The quantitative estimate of drug-likeness (QED) is 0.400. The number of nitrogens with one attached hydrogen (secondary N) is 1. The van der Waals surface area contributed by atoms with Gasteiger partial charge in [0.1, 0.15) is 17.7 Å². The molecule has 2 N–H and O–H groups in total. The van der Waals surface area contributed by atoms with Gasteiger partial charge in [0.25, 0.3) is 17.5 Å². The summed E-state index contributed by atoms with van der Waals surface area (Å²) in [6, 6.07) is 8.31. The maximum atomic E-state index is 12.9. The summed E-state index contributed by atoms with van der Waals surface area (Å²) >= 11 is 1.22. The van der Waals surface area contributed by atoms with Crippen LogP contribution in [0.3, 0.4) is 0 Å². The van der Waals surface area contributed by atoms with Gasteiger partial charge in [-0.25, -0.2) is 4.79 Å². The molecule has 0 bridgehead atoms. The molecule has 148 valence electrons. The van der Waals surface area contributed by atoms with Gasteiger partial charge in [-0.2, -0.15) is 0 Å². The van der Waals surface area contributed by atoms with E-state index in [2.05, 4.69) is 5.32 Å². The number of carboxylic acid groups (broad SMARTS) is 1.